The lowest BCUT2D eigenvalue weighted by Crippen LogP contribution is -2.14. The molecule has 0 saturated heterocycles. The maximum atomic E-state index is 10.6. The Bertz CT molecular complexity index is 434. The van der Waals surface area contributed by atoms with E-state index < -0.39 is 10.9 Å². The molecule has 0 fully saturated rings. The molecule has 0 bridgehead atoms. The summed E-state index contributed by atoms with van der Waals surface area (Å²) in [5.74, 6) is -0.760. The van der Waals surface area contributed by atoms with Crippen molar-refractivity contribution in [2.45, 2.75) is 32.2 Å². The molecule has 0 atom stereocenters. The number of carbonyl (C=O) groups is 1. The van der Waals surface area contributed by atoms with Crippen molar-refractivity contribution in [1.29, 1.82) is 0 Å². The Morgan fingerprint density at radius 3 is 2.79 bits per heavy atom. The number of rotatable bonds is 9. The van der Waals surface area contributed by atoms with E-state index in [9.17, 15) is 14.9 Å². The fourth-order valence-electron chi connectivity index (χ4n) is 1.72. The van der Waals surface area contributed by atoms with Crippen molar-refractivity contribution in [2.75, 3.05) is 6.54 Å². The molecule has 0 unspecified atom stereocenters. The van der Waals surface area contributed by atoms with E-state index in [1.165, 1.54) is 6.07 Å². The average Bonchev–Trinajstić information content (AvgIpc) is 2.37. The molecule has 19 heavy (non-hydrogen) atoms. The maximum Gasteiger partial charge on any atom is 0.303 e. The first-order valence-corrected chi connectivity index (χ1v) is 6.25. The lowest BCUT2D eigenvalue weighted by atomic mass is 10.2. The van der Waals surface area contributed by atoms with Crippen LogP contribution in [-0.2, 0) is 11.3 Å². The Morgan fingerprint density at radius 2 is 2.11 bits per heavy atom. The van der Waals surface area contributed by atoms with Gasteiger partial charge in [0.2, 0.25) is 0 Å². The van der Waals surface area contributed by atoms with Crippen LogP contribution in [0.15, 0.2) is 24.3 Å². The summed E-state index contributed by atoms with van der Waals surface area (Å²) in [6.07, 6.45) is 2.68. The summed E-state index contributed by atoms with van der Waals surface area (Å²) < 4.78 is 0. The molecule has 0 aliphatic rings. The van der Waals surface area contributed by atoms with Crippen LogP contribution in [0.25, 0.3) is 0 Å². The minimum atomic E-state index is -0.760. The van der Waals surface area contributed by atoms with Gasteiger partial charge in [0.05, 0.1) is 4.92 Å². The van der Waals surface area contributed by atoms with Gasteiger partial charge in [0.1, 0.15) is 0 Å². The summed E-state index contributed by atoms with van der Waals surface area (Å²) in [7, 11) is 0. The number of unbranched alkanes of at least 4 members (excludes halogenated alkanes) is 2. The van der Waals surface area contributed by atoms with Gasteiger partial charge in [0.25, 0.3) is 5.69 Å². The lowest BCUT2D eigenvalue weighted by Gasteiger charge is -2.04. The van der Waals surface area contributed by atoms with E-state index >= 15 is 0 Å². The number of hydrogen-bond acceptors (Lipinski definition) is 4. The van der Waals surface area contributed by atoms with Crippen LogP contribution in [0.3, 0.4) is 0 Å². The summed E-state index contributed by atoms with van der Waals surface area (Å²) >= 11 is 0. The highest BCUT2D eigenvalue weighted by atomic mass is 16.6. The van der Waals surface area contributed by atoms with E-state index in [2.05, 4.69) is 5.32 Å². The van der Waals surface area contributed by atoms with Crippen LogP contribution in [0.4, 0.5) is 5.69 Å². The van der Waals surface area contributed by atoms with Gasteiger partial charge in [-0.2, -0.15) is 0 Å². The molecule has 0 spiro atoms. The molecule has 1 rings (SSSR count). The van der Waals surface area contributed by atoms with Crippen LogP contribution in [0.1, 0.15) is 31.2 Å². The highest BCUT2D eigenvalue weighted by molar-refractivity contribution is 5.66. The van der Waals surface area contributed by atoms with Crippen LogP contribution in [0, 0.1) is 10.1 Å². The lowest BCUT2D eigenvalue weighted by molar-refractivity contribution is -0.384. The van der Waals surface area contributed by atoms with Crippen LogP contribution < -0.4 is 5.32 Å². The first-order valence-electron chi connectivity index (χ1n) is 6.25. The average molecular weight is 266 g/mol. The number of non-ortho nitro benzene ring substituents is 1. The minimum Gasteiger partial charge on any atom is -0.481 e. The maximum absolute atomic E-state index is 10.6. The van der Waals surface area contributed by atoms with E-state index in [0.29, 0.717) is 13.0 Å². The fraction of sp³-hybridized carbons (Fsp3) is 0.462. The van der Waals surface area contributed by atoms with Gasteiger partial charge < -0.3 is 10.4 Å². The highest BCUT2D eigenvalue weighted by Gasteiger charge is 2.04. The molecule has 2 N–H and O–H groups in total. The normalized spacial score (nSPS) is 10.3. The number of hydrogen-bond donors (Lipinski definition) is 2. The van der Waals surface area contributed by atoms with E-state index in [4.69, 9.17) is 5.11 Å². The number of carboxylic acid groups (broad SMARTS) is 1. The van der Waals surface area contributed by atoms with Crippen molar-refractivity contribution in [1.82, 2.24) is 5.32 Å². The monoisotopic (exact) mass is 266 g/mol. The van der Waals surface area contributed by atoms with Crippen LogP contribution >= 0.6 is 0 Å². The second-order valence-electron chi connectivity index (χ2n) is 4.31. The molecular weight excluding hydrogens is 248 g/mol. The summed E-state index contributed by atoms with van der Waals surface area (Å²) in [6, 6.07) is 6.53. The Labute approximate surface area is 111 Å². The molecule has 1 aromatic carbocycles. The van der Waals surface area contributed by atoms with Crippen molar-refractivity contribution >= 4 is 11.7 Å². The summed E-state index contributed by atoms with van der Waals surface area (Å²) in [5, 5.41) is 22.2. The predicted octanol–water partition coefficient (Wildman–Crippen LogP) is 2.33. The number of nitrogens with zero attached hydrogens (tertiary/aromatic N) is 1. The van der Waals surface area contributed by atoms with Gasteiger partial charge in [-0.15, -0.1) is 0 Å². The fourth-order valence-corrected chi connectivity index (χ4v) is 1.72. The van der Waals surface area contributed by atoms with E-state index in [1.807, 2.05) is 6.07 Å². The predicted molar refractivity (Wildman–Crippen MR) is 70.9 cm³/mol. The van der Waals surface area contributed by atoms with E-state index in [-0.39, 0.29) is 12.1 Å². The highest BCUT2D eigenvalue weighted by Crippen LogP contribution is 2.12. The molecule has 0 heterocycles. The number of nitrogens with one attached hydrogen (secondary N) is 1. The molecule has 0 aliphatic heterocycles. The van der Waals surface area contributed by atoms with Crippen molar-refractivity contribution in [2.24, 2.45) is 0 Å². The molecular formula is C13H18N2O4. The molecule has 6 heteroatoms. The number of carboxylic acids is 1. The number of nitro groups is 1. The number of nitro benzene ring substituents is 1. The standard InChI is InChI=1S/C13H18N2O4/c16-13(17)7-2-1-3-8-14-10-11-5-4-6-12(9-11)15(18)19/h4-6,9,14H,1-3,7-8,10H2,(H,16,17). The third-order valence-corrected chi connectivity index (χ3v) is 2.69. The largest absolute Gasteiger partial charge is 0.481 e. The topological polar surface area (TPSA) is 92.5 Å². The van der Waals surface area contributed by atoms with Crippen molar-refractivity contribution in [3.05, 3.63) is 39.9 Å². The van der Waals surface area contributed by atoms with E-state index in [0.717, 1.165) is 24.9 Å². The second kappa shape index (κ2) is 8.20. The van der Waals surface area contributed by atoms with Crippen LogP contribution in [0.5, 0.6) is 0 Å². The molecule has 6 nitrogen and oxygen atoms in total. The quantitative estimate of drug-likeness (QED) is 0.406. The summed E-state index contributed by atoms with van der Waals surface area (Å²) in [5.41, 5.74) is 0.973. The molecule has 0 aromatic heterocycles. The van der Waals surface area contributed by atoms with Crippen molar-refractivity contribution in [3.8, 4) is 0 Å². The Morgan fingerprint density at radius 1 is 1.32 bits per heavy atom. The second-order valence-corrected chi connectivity index (χ2v) is 4.31. The zero-order valence-corrected chi connectivity index (χ0v) is 10.7. The zero-order valence-electron chi connectivity index (χ0n) is 10.7. The Kier molecular flexibility index (Phi) is 6.52. The molecule has 0 aliphatic carbocycles. The Balaban J connectivity index is 2.17. The SMILES string of the molecule is O=C(O)CCCCCNCc1cccc([N+](=O)[O-])c1. The summed E-state index contributed by atoms with van der Waals surface area (Å²) in [6.45, 7) is 1.36. The molecule has 1 aromatic rings. The molecule has 0 radical (unpaired) electrons. The minimum absolute atomic E-state index is 0.0979. The van der Waals surface area contributed by atoms with Gasteiger partial charge in [-0.05, 0) is 24.9 Å². The van der Waals surface area contributed by atoms with Gasteiger partial charge in [-0.3, -0.25) is 14.9 Å². The van der Waals surface area contributed by atoms with Gasteiger partial charge in [0, 0.05) is 25.1 Å². The van der Waals surface area contributed by atoms with Gasteiger partial charge in [-0.1, -0.05) is 18.6 Å². The van der Waals surface area contributed by atoms with Crippen LogP contribution in [-0.4, -0.2) is 22.5 Å². The van der Waals surface area contributed by atoms with Gasteiger partial charge >= 0.3 is 5.97 Å². The van der Waals surface area contributed by atoms with E-state index in [1.54, 1.807) is 12.1 Å². The van der Waals surface area contributed by atoms with Crippen molar-refractivity contribution < 1.29 is 14.8 Å². The molecule has 0 amide bonds. The third kappa shape index (κ3) is 6.52. The number of aliphatic carboxylic acids is 1. The smallest absolute Gasteiger partial charge is 0.303 e. The van der Waals surface area contributed by atoms with Gasteiger partial charge in [0.15, 0.2) is 0 Å². The van der Waals surface area contributed by atoms with Crippen LogP contribution in [0.2, 0.25) is 0 Å². The van der Waals surface area contributed by atoms with Gasteiger partial charge in [-0.25, -0.2) is 0 Å². The first kappa shape index (κ1) is 15.1. The number of benzene rings is 1. The Hall–Kier alpha value is -1.95. The third-order valence-electron chi connectivity index (χ3n) is 2.69. The summed E-state index contributed by atoms with van der Waals surface area (Å²) in [4.78, 5) is 20.5. The molecule has 0 saturated carbocycles. The van der Waals surface area contributed by atoms with Crippen molar-refractivity contribution in [3.63, 3.8) is 0 Å². The first-order chi connectivity index (χ1) is 9.09. The zero-order chi connectivity index (χ0) is 14.1. The molecule has 104 valence electrons.